The summed E-state index contributed by atoms with van der Waals surface area (Å²) >= 11 is 11.8. The van der Waals surface area contributed by atoms with Gasteiger partial charge in [0.05, 0.1) is 16.3 Å². The Hall–Kier alpha value is -1.76. The van der Waals surface area contributed by atoms with Gasteiger partial charge in [-0.25, -0.2) is 0 Å². The van der Waals surface area contributed by atoms with Crippen LogP contribution in [0.1, 0.15) is 10.4 Å². The second kappa shape index (κ2) is 4.91. The van der Waals surface area contributed by atoms with Crippen LogP contribution < -0.4 is 8.49 Å². The van der Waals surface area contributed by atoms with E-state index in [9.17, 15) is 13.2 Å². The summed E-state index contributed by atoms with van der Waals surface area (Å²) in [6.07, 6.45) is 0. The van der Waals surface area contributed by atoms with Crippen molar-refractivity contribution in [2.45, 2.75) is 0 Å². The maximum absolute atomic E-state index is 12.5. The maximum Gasteiger partial charge on any atom is 0.417 e. The Kier molecular flexibility index (Phi) is 3.32. The largest absolute Gasteiger partial charge is 0.417 e. The summed E-state index contributed by atoms with van der Waals surface area (Å²) in [5.74, 6) is -0.834. The quantitative estimate of drug-likeness (QED) is 0.796. The summed E-state index contributed by atoms with van der Waals surface area (Å²) < 4.78 is 29.8. The summed E-state index contributed by atoms with van der Waals surface area (Å²) in [6, 6.07) is 10.2. The second-order valence-electron chi connectivity index (χ2n) is 4.20. The molecule has 0 saturated carbocycles. The average Bonchev–Trinajstić information content (AvgIpc) is 2.41. The topological polar surface area (TPSA) is 63.7 Å². The van der Waals surface area contributed by atoms with Gasteiger partial charge in [-0.05, 0) is 30.3 Å². The van der Waals surface area contributed by atoms with Crippen molar-refractivity contribution in [3.05, 3.63) is 58.1 Å². The summed E-state index contributed by atoms with van der Waals surface area (Å²) in [4.78, 5) is 12.5. The van der Waals surface area contributed by atoms with Crippen LogP contribution in [0.25, 0.3) is 0 Å². The monoisotopic (exact) mass is 343 g/mol. The van der Waals surface area contributed by atoms with Crippen LogP contribution in [0.5, 0.6) is 5.75 Å². The van der Waals surface area contributed by atoms with Crippen LogP contribution in [0.4, 0.5) is 5.69 Å². The van der Waals surface area contributed by atoms with Crippen LogP contribution in [0, 0.1) is 0 Å². The van der Waals surface area contributed by atoms with Crippen molar-refractivity contribution in [1.82, 2.24) is 0 Å². The van der Waals surface area contributed by atoms with Crippen molar-refractivity contribution < 1.29 is 17.4 Å². The molecule has 1 amide bonds. The van der Waals surface area contributed by atoms with Crippen molar-refractivity contribution in [1.29, 1.82) is 0 Å². The molecule has 0 spiro atoms. The molecule has 0 aliphatic carbocycles. The zero-order valence-electron chi connectivity index (χ0n) is 10.3. The Balaban J connectivity index is 2.23. The molecule has 1 aliphatic rings. The van der Waals surface area contributed by atoms with Crippen LogP contribution >= 0.6 is 23.2 Å². The average molecular weight is 344 g/mol. The number of halogens is 2. The summed E-state index contributed by atoms with van der Waals surface area (Å²) in [6.45, 7) is 0. The molecule has 8 heteroatoms. The van der Waals surface area contributed by atoms with Crippen LogP contribution in [0.2, 0.25) is 10.0 Å². The van der Waals surface area contributed by atoms with Gasteiger partial charge in [0.2, 0.25) is 0 Å². The van der Waals surface area contributed by atoms with E-state index in [1.807, 2.05) is 0 Å². The molecular formula is C13H7Cl2NO4S. The van der Waals surface area contributed by atoms with Gasteiger partial charge in [-0.2, -0.15) is 12.7 Å². The highest BCUT2D eigenvalue weighted by atomic mass is 35.5. The Morgan fingerprint density at radius 3 is 2.48 bits per heavy atom. The van der Waals surface area contributed by atoms with Crippen molar-refractivity contribution in [2.24, 2.45) is 0 Å². The van der Waals surface area contributed by atoms with E-state index in [-0.39, 0.29) is 22.0 Å². The number of rotatable bonds is 1. The summed E-state index contributed by atoms with van der Waals surface area (Å²) in [5.41, 5.74) is 0.0760. The number of amides is 1. The smallest absolute Gasteiger partial charge is 0.366 e. The van der Waals surface area contributed by atoms with Crippen molar-refractivity contribution in [3.8, 4) is 5.75 Å². The molecule has 0 bridgehead atoms. The number of carbonyl (C=O) groups excluding carboxylic acids is 1. The Morgan fingerprint density at radius 1 is 1.05 bits per heavy atom. The van der Waals surface area contributed by atoms with E-state index in [1.165, 1.54) is 30.3 Å². The minimum absolute atomic E-state index is 0.0230. The number of benzene rings is 2. The molecule has 0 aromatic heterocycles. The van der Waals surface area contributed by atoms with E-state index in [0.717, 1.165) is 0 Å². The van der Waals surface area contributed by atoms with Gasteiger partial charge in [0.15, 0.2) is 5.75 Å². The first-order valence-electron chi connectivity index (χ1n) is 5.73. The highest BCUT2D eigenvalue weighted by molar-refractivity contribution is 7.89. The summed E-state index contributed by atoms with van der Waals surface area (Å²) in [7, 11) is -4.32. The fourth-order valence-electron chi connectivity index (χ4n) is 1.95. The number of hydrogen-bond donors (Lipinski definition) is 0. The maximum atomic E-state index is 12.5. The zero-order chi connectivity index (χ0) is 15.2. The molecule has 1 heterocycles. The number of hydrogen-bond acceptors (Lipinski definition) is 4. The van der Waals surface area contributed by atoms with E-state index in [4.69, 9.17) is 27.4 Å². The third-order valence-electron chi connectivity index (χ3n) is 2.85. The Bertz CT molecular complexity index is 851. The van der Waals surface area contributed by atoms with Crippen LogP contribution in [0.3, 0.4) is 0 Å². The van der Waals surface area contributed by atoms with Gasteiger partial charge in [0.1, 0.15) is 0 Å². The number of nitrogens with zero attached hydrogens (tertiary/aromatic N) is 1. The lowest BCUT2D eigenvalue weighted by atomic mass is 10.2. The first-order chi connectivity index (χ1) is 9.90. The van der Waals surface area contributed by atoms with Gasteiger partial charge in [-0.15, -0.1) is 0 Å². The predicted octanol–water partition coefficient (Wildman–Crippen LogP) is 3.28. The van der Waals surface area contributed by atoms with Crippen LogP contribution in [-0.4, -0.2) is 14.3 Å². The molecule has 0 unspecified atom stereocenters. The number of fused-ring (bicyclic) bond motifs is 1. The normalized spacial score (nSPS) is 16.3. The van der Waals surface area contributed by atoms with E-state index >= 15 is 0 Å². The molecule has 0 N–H and O–H groups in total. The first kappa shape index (κ1) is 14.2. The van der Waals surface area contributed by atoms with Crippen molar-refractivity contribution in [2.75, 3.05) is 4.31 Å². The summed E-state index contributed by atoms with van der Waals surface area (Å²) in [5, 5.41) is 0.410. The standard InChI is InChI=1S/C13H7Cl2NO4S/c14-8-5-6-12-9(7-8)13(17)16(21(18,19)20-12)11-4-2-1-3-10(11)15/h1-7H. The zero-order valence-corrected chi connectivity index (χ0v) is 12.6. The number of carbonyl (C=O) groups is 1. The van der Waals surface area contributed by atoms with E-state index in [0.29, 0.717) is 9.33 Å². The lowest BCUT2D eigenvalue weighted by Gasteiger charge is -2.27. The number of para-hydroxylation sites is 1. The minimum atomic E-state index is -4.32. The molecule has 2 aromatic carbocycles. The molecule has 0 atom stereocenters. The van der Waals surface area contributed by atoms with Crippen molar-refractivity contribution >= 4 is 45.1 Å². The number of anilines is 1. The highest BCUT2D eigenvalue weighted by Gasteiger charge is 2.40. The minimum Gasteiger partial charge on any atom is -0.366 e. The fourth-order valence-corrected chi connectivity index (χ4v) is 3.54. The van der Waals surface area contributed by atoms with Crippen LogP contribution in [-0.2, 0) is 10.3 Å². The van der Waals surface area contributed by atoms with Crippen molar-refractivity contribution in [3.63, 3.8) is 0 Å². The SMILES string of the molecule is O=C1c2cc(Cl)ccc2OS(=O)(=O)N1c1ccccc1Cl. The lowest BCUT2D eigenvalue weighted by Crippen LogP contribution is -2.43. The van der Waals surface area contributed by atoms with Gasteiger partial charge >= 0.3 is 10.3 Å². The first-order valence-corrected chi connectivity index (χ1v) is 7.85. The Labute approximate surface area is 130 Å². The van der Waals surface area contributed by atoms with Gasteiger partial charge < -0.3 is 4.18 Å². The van der Waals surface area contributed by atoms with Gasteiger partial charge in [0.25, 0.3) is 5.91 Å². The molecule has 108 valence electrons. The molecule has 0 radical (unpaired) electrons. The molecule has 0 saturated heterocycles. The molecular weight excluding hydrogens is 337 g/mol. The molecule has 3 rings (SSSR count). The van der Waals surface area contributed by atoms with Gasteiger partial charge in [0, 0.05) is 5.02 Å². The fraction of sp³-hybridized carbons (Fsp3) is 0. The molecule has 21 heavy (non-hydrogen) atoms. The van der Waals surface area contributed by atoms with E-state index < -0.39 is 16.2 Å². The second-order valence-corrected chi connectivity index (χ2v) is 6.43. The third kappa shape index (κ3) is 2.35. The van der Waals surface area contributed by atoms with Gasteiger partial charge in [-0.3, -0.25) is 4.79 Å². The lowest BCUT2D eigenvalue weighted by molar-refractivity contribution is 0.0997. The predicted molar refractivity (Wildman–Crippen MR) is 79.3 cm³/mol. The molecule has 0 fully saturated rings. The Morgan fingerprint density at radius 2 is 1.76 bits per heavy atom. The molecule has 2 aromatic rings. The van der Waals surface area contributed by atoms with E-state index in [1.54, 1.807) is 12.1 Å². The molecule has 1 aliphatic heterocycles. The van der Waals surface area contributed by atoms with Crippen LogP contribution in [0.15, 0.2) is 42.5 Å². The van der Waals surface area contributed by atoms with E-state index in [2.05, 4.69) is 0 Å². The third-order valence-corrected chi connectivity index (χ3v) is 4.60. The molecule has 5 nitrogen and oxygen atoms in total. The highest BCUT2D eigenvalue weighted by Crippen LogP contribution is 2.36. The van der Waals surface area contributed by atoms with Gasteiger partial charge in [-0.1, -0.05) is 35.3 Å².